The van der Waals surface area contributed by atoms with Crippen LogP contribution in [0.15, 0.2) is 48.5 Å². The summed E-state index contributed by atoms with van der Waals surface area (Å²) in [7, 11) is 0. The molecule has 0 N–H and O–H groups in total. The van der Waals surface area contributed by atoms with Gasteiger partial charge in [-0.05, 0) is 42.0 Å². The number of rotatable bonds is 9. The van der Waals surface area contributed by atoms with Crippen LogP contribution in [0.5, 0.6) is 0 Å². The van der Waals surface area contributed by atoms with Crippen molar-refractivity contribution in [3.05, 3.63) is 65.5 Å². The molecule has 1 aliphatic carbocycles. The number of halogens is 3. The van der Waals surface area contributed by atoms with Gasteiger partial charge >= 0.3 is 0 Å². The average Bonchev–Trinajstić information content (AvgIpc) is 3.32. The summed E-state index contributed by atoms with van der Waals surface area (Å²) in [5.41, 5.74) is 2.59. The van der Waals surface area contributed by atoms with Gasteiger partial charge in [0.25, 0.3) is 0 Å². The normalized spacial score (nSPS) is 23.2. The topological polar surface area (TPSA) is 23.6 Å². The first kappa shape index (κ1) is 25.5. The number of nitrogens with zero attached hydrogens (tertiary/aromatic N) is 2. The number of hydrogen-bond acceptors (Lipinski definition) is 3. The molecular weight excluding hydrogens is 470 g/mol. The van der Waals surface area contributed by atoms with Crippen LogP contribution in [0.2, 0.25) is 0 Å². The summed E-state index contributed by atoms with van der Waals surface area (Å²) in [4.78, 5) is 17.0. The Balaban J connectivity index is 1.43. The van der Waals surface area contributed by atoms with Crippen molar-refractivity contribution in [1.29, 1.82) is 0 Å². The van der Waals surface area contributed by atoms with Crippen LogP contribution >= 0.6 is 23.2 Å². The maximum Gasteiger partial charge on any atom is 0.146 e. The van der Waals surface area contributed by atoms with E-state index >= 15 is 4.39 Å². The number of alkyl halides is 2. The highest BCUT2D eigenvalue weighted by Crippen LogP contribution is 2.65. The first-order chi connectivity index (χ1) is 16.3. The van der Waals surface area contributed by atoms with Crippen molar-refractivity contribution in [2.45, 2.75) is 50.4 Å². The van der Waals surface area contributed by atoms with Gasteiger partial charge in [0, 0.05) is 50.5 Å². The minimum absolute atomic E-state index is 0.0577. The van der Waals surface area contributed by atoms with Crippen LogP contribution in [0.3, 0.4) is 0 Å². The molecule has 1 heterocycles. The van der Waals surface area contributed by atoms with Crippen LogP contribution in [0, 0.1) is 23.6 Å². The quantitative estimate of drug-likeness (QED) is 0.356. The van der Waals surface area contributed by atoms with E-state index in [0.29, 0.717) is 12.1 Å². The van der Waals surface area contributed by atoms with Gasteiger partial charge in [0.1, 0.15) is 15.9 Å². The molecule has 3 atom stereocenters. The number of carbonyl (C=O) groups excluding carboxylic acids is 1. The summed E-state index contributed by atoms with van der Waals surface area (Å²) in [6.07, 6.45) is 1.96. The maximum absolute atomic E-state index is 15.1. The maximum atomic E-state index is 15.1. The zero-order chi connectivity index (χ0) is 24.5. The van der Waals surface area contributed by atoms with E-state index < -0.39 is 4.33 Å². The minimum Gasteiger partial charge on any atom is -0.367 e. The number of anilines is 1. The third kappa shape index (κ3) is 5.15. The van der Waals surface area contributed by atoms with Crippen LogP contribution in [0.1, 0.15) is 50.8 Å². The van der Waals surface area contributed by atoms with E-state index in [1.165, 1.54) is 11.6 Å². The molecule has 2 fully saturated rings. The molecule has 3 unspecified atom stereocenters. The van der Waals surface area contributed by atoms with Crippen molar-refractivity contribution >= 4 is 34.7 Å². The van der Waals surface area contributed by atoms with E-state index in [0.717, 1.165) is 44.6 Å². The van der Waals surface area contributed by atoms with E-state index in [2.05, 4.69) is 41.0 Å². The van der Waals surface area contributed by atoms with Gasteiger partial charge in [-0.25, -0.2) is 4.39 Å². The van der Waals surface area contributed by atoms with E-state index in [4.69, 9.17) is 23.2 Å². The van der Waals surface area contributed by atoms with Gasteiger partial charge in [-0.1, -0.05) is 57.2 Å². The molecule has 6 heteroatoms. The average molecular weight is 506 g/mol. The summed E-state index contributed by atoms with van der Waals surface area (Å²) in [5.74, 6) is 0.406. The summed E-state index contributed by atoms with van der Waals surface area (Å²) >= 11 is 13.2. The van der Waals surface area contributed by atoms with Crippen LogP contribution in [0.25, 0.3) is 0 Å². The van der Waals surface area contributed by atoms with E-state index in [1.807, 2.05) is 32.0 Å². The molecule has 184 valence electrons. The van der Waals surface area contributed by atoms with Gasteiger partial charge in [0.15, 0.2) is 0 Å². The van der Waals surface area contributed by atoms with Crippen LogP contribution < -0.4 is 4.90 Å². The lowest BCUT2D eigenvalue weighted by Gasteiger charge is -2.41. The second-order valence-electron chi connectivity index (χ2n) is 9.81. The molecule has 2 aromatic carbocycles. The molecule has 0 spiro atoms. The Kier molecular flexibility index (Phi) is 7.91. The summed E-state index contributed by atoms with van der Waals surface area (Å²) in [6, 6.07) is 15.8. The summed E-state index contributed by atoms with van der Waals surface area (Å²) in [5, 5.41) is 0. The number of hydrogen-bond donors (Lipinski definition) is 0. The van der Waals surface area contributed by atoms with Crippen LogP contribution in [-0.4, -0.2) is 41.2 Å². The number of benzene rings is 2. The highest BCUT2D eigenvalue weighted by Gasteiger charge is 2.64. The Morgan fingerprint density at radius 3 is 2.21 bits per heavy atom. The Labute approximate surface area is 213 Å². The molecule has 0 aromatic heterocycles. The molecule has 2 aromatic rings. The van der Waals surface area contributed by atoms with Crippen molar-refractivity contribution in [1.82, 2.24) is 4.90 Å². The fourth-order valence-corrected chi connectivity index (χ4v) is 6.30. The zero-order valence-electron chi connectivity index (χ0n) is 20.3. The zero-order valence-corrected chi connectivity index (χ0v) is 21.8. The molecule has 34 heavy (non-hydrogen) atoms. The molecule has 3 nitrogen and oxygen atoms in total. The molecule has 1 saturated heterocycles. The molecule has 0 radical (unpaired) electrons. The van der Waals surface area contributed by atoms with Crippen molar-refractivity contribution in [3.8, 4) is 0 Å². The molecule has 0 amide bonds. The summed E-state index contributed by atoms with van der Waals surface area (Å²) < 4.78 is 14.4. The summed E-state index contributed by atoms with van der Waals surface area (Å²) in [6.45, 7) is 9.24. The van der Waals surface area contributed by atoms with Crippen LogP contribution in [0.4, 0.5) is 10.1 Å². The molecule has 4 rings (SSSR count). The molecular formula is C28H35Cl2FN2O. The standard InChI is InChI=1S/C28H35Cl2FN2O/c1-4-21(5-2)25(34)18-20-11-12-24(23(31)17-20)32-13-15-33(16-14-32)27(22-9-7-6-8-10-22)26-19(3)28(26,29)30/h6-12,17,19,21,26-27H,4-5,13-16,18H2,1-3H3. The van der Waals surface area contributed by atoms with E-state index in [-0.39, 0.29) is 35.4 Å². The molecule has 0 bridgehead atoms. The fraction of sp³-hybridized carbons (Fsp3) is 0.536. The fourth-order valence-electron chi connectivity index (χ4n) is 5.54. The third-order valence-corrected chi connectivity index (χ3v) is 9.03. The molecule has 1 aliphatic heterocycles. The highest BCUT2D eigenvalue weighted by atomic mass is 35.5. The number of carbonyl (C=O) groups is 1. The smallest absolute Gasteiger partial charge is 0.146 e. The minimum atomic E-state index is -0.703. The largest absolute Gasteiger partial charge is 0.367 e. The number of ketones is 1. The van der Waals surface area contributed by atoms with Gasteiger partial charge in [-0.3, -0.25) is 9.69 Å². The monoisotopic (exact) mass is 504 g/mol. The predicted octanol–water partition coefficient (Wildman–Crippen LogP) is 6.68. The second kappa shape index (κ2) is 10.6. The number of piperazine rings is 1. The third-order valence-electron chi connectivity index (χ3n) is 7.84. The van der Waals surface area contributed by atoms with Gasteiger partial charge < -0.3 is 4.90 Å². The molecule has 2 aliphatic rings. The lowest BCUT2D eigenvalue weighted by Crippen LogP contribution is -2.48. The van der Waals surface area contributed by atoms with E-state index in [9.17, 15) is 4.79 Å². The first-order valence-corrected chi connectivity index (χ1v) is 13.3. The predicted molar refractivity (Wildman–Crippen MR) is 139 cm³/mol. The first-order valence-electron chi connectivity index (χ1n) is 12.5. The Bertz CT molecular complexity index is 987. The van der Waals surface area contributed by atoms with Gasteiger partial charge in [0.05, 0.1) is 5.69 Å². The van der Waals surface area contributed by atoms with Gasteiger partial charge in [0.2, 0.25) is 0 Å². The van der Waals surface area contributed by atoms with Crippen molar-refractivity contribution < 1.29 is 9.18 Å². The lowest BCUT2D eigenvalue weighted by atomic mass is 9.93. The van der Waals surface area contributed by atoms with E-state index in [1.54, 1.807) is 0 Å². The second-order valence-corrected chi connectivity index (χ2v) is 11.3. The SMILES string of the molecule is CCC(CC)C(=O)Cc1ccc(N2CCN(C(c3ccccc3)C3C(C)C3(Cl)Cl)CC2)c(F)c1. The van der Waals surface area contributed by atoms with Gasteiger partial charge in [-0.2, -0.15) is 0 Å². The number of Topliss-reactive ketones (excluding diaryl/α,β-unsaturated/α-hetero) is 1. The lowest BCUT2D eigenvalue weighted by molar-refractivity contribution is -0.122. The van der Waals surface area contributed by atoms with Crippen molar-refractivity contribution in [3.63, 3.8) is 0 Å². The van der Waals surface area contributed by atoms with Crippen LogP contribution in [-0.2, 0) is 11.2 Å². The Morgan fingerprint density at radius 1 is 1.06 bits per heavy atom. The Morgan fingerprint density at radius 2 is 1.68 bits per heavy atom. The molecule has 1 saturated carbocycles. The van der Waals surface area contributed by atoms with Crippen molar-refractivity contribution in [2.24, 2.45) is 17.8 Å². The highest BCUT2D eigenvalue weighted by molar-refractivity contribution is 6.51. The Hall–Kier alpha value is -1.62. The van der Waals surface area contributed by atoms with Crippen molar-refractivity contribution in [2.75, 3.05) is 31.1 Å². The van der Waals surface area contributed by atoms with Gasteiger partial charge in [-0.15, -0.1) is 23.2 Å².